The van der Waals surface area contributed by atoms with Crippen LogP contribution < -0.4 is 11.9 Å². The van der Waals surface area contributed by atoms with Gasteiger partial charge >= 0.3 is 0 Å². The van der Waals surface area contributed by atoms with Crippen molar-refractivity contribution in [1.82, 2.24) is 6.15 Å². The lowest BCUT2D eigenvalue weighted by Gasteiger charge is -2.08. The van der Waals surface area contributed by atoms with Gasteiger partial charge in [-0.25, -0.2) is 0 Å². The number of nitrogens with two attached hydrogens (primary N) is 1. The van der Waals surface area contributed by atoms with Crippen molar-refractivity contribution in [3.8, 4) is 22.3 Å². The summed E-state index contributed by atoms with van der Waals surface area (Å²) < 4.78 is 0. The summed E-state index contributed by atoms with van der Waals surface area (Å²) in [4.78, 5) is 0. The van der Waals surface area contributed by atoms with Gasteiger partial charge in [-0.1, -0.05) is 74.0 Å². The van der Waals surface area contributed by atoms with E-state index in [9.17, 15) is 0 Å². The maximum absolute atomic E-state index is 6.48. The van der Waals surface area contributed by atoms with E-state index in [2.05, 4.69) is 37.3 Å². The molecule has 0 fully saturated rings. The number of hydrogen-bond acceptors (Lipinski definition) is 3. The molecule has 25 heavy (non-hydrogen) atoms. The van der Waals surface area contributed by atoms with Gasteiger partial charge in [0.1, 0.15) is 0 Å². The van der Waals surface area contributed by atoms with E-state index in [4.69, 9.17) is 11.1 Å². The van der Waals surface area contributed by atoms with Crippen LogP contribution in [0.15, 0.2) is 78.9 Å². The Hall–Kier alpha value is -2.91. The minimum Gasteiger partial charge on any atom is -0.399 e. The first kappa shape index (κ1) is 20.1. The Morgan fingerprint density at radius 1 is 0.760 bits per heavy atom. The van der Waals surface area contributed by atoms with Crippen molar-refractivity contribution < 1.29 is 0 Å². The van der Waals surface area contributed by atoms with E-state index in [0.29, 0.717) is 0 Å². The monoisotopic (exact) mass is 333 g/mol. The molecule has 0 aliphatic rings. The lowest BCUT2D eigenvalue weighted by molar-refractivity contribution is 1.00. The summed E-state index contributed by atoms with van der Waals surface area (Å²) in [7, 11) is 0. The SMILES string of the molecule is CCCC=N.N.Nc1cc(-c2ccccc2)cc(-c2ccccc2)c1. The van der Waals surface area contributed by atoms with Gasteiger partial charge < -0.3 is 17.3 Å². The molecule has 0 aliphatic heterocycles. The Bertz CT molecular complexity index is 695. The predicted octanol–water partition coefficient (Wildman–Crippen LogP) is 6.20. The van der Waals surface area contributed by atoms with Crippen molar-refractivity contribution >= 4 is 11.9 Å². The zero-order valence-electron chi connectivity index (χ0n) is 14.8. The van der Waals surface area contributed by atoms with E-state index >= 15 is 0 Å². The summed E-state index contributed by atoms with van der Waals surface area (Å²) >= 11 is 0. The van der Waals surface area contributed by atoms with Gasteiger partial charge in [0.15, 0.2) is 0 Å². The molecule has 3 heteroatoms. The zero-order valence-corrected chi connectivity index (χ0v) is 14.8. The number of hydrogen-bond donors (Lipinski definition) is 3. The number of nitrogen functional groups attached to an aromatic ring is 1. The third kappa shape index (κ3) is 6.24. The second kappa shape index (κ2) is 10.8. The maximum Gasteiger partial charge on any atom is 0.0326 e. The molecule has 0 aromatic heterocycles. The minimum absolute atomic E-state index is 0. The Morgan fingerprint density at radius 2 is 1.20 bits per heavy atom. The van der Waals surface area contributed by atoms with Crippen molar-refractivity contribution in [1.29, 1.82) is 5.41 Å². The molecule has 0 radical (unpaired) electrons. The average Bonchev–Trinajstić information content (AvgIpc) is 2.64. The van der Waals surface area contributed by atoms with Crippen LogP contribution >= 0.6 is 0 Å². The molecule has 3 nitrogen and oxygen atoms in total. The predicted molar refractivity (Wildman–Crippen MR) is 110 cm³/mol. The first-order valence-electron chi connectivity index (χ1n) is 8.25. The quantitative estimate of drug-likeness (QED) is 0.392. The molecule has 0 saturated heterocycles. The molecule has 0 bridgehead atoms. The molecule has 3 aromatic rings. The van der Waals surface area contributed by atoms with Crippen molar-refractivity contribution in [2.24, 2.45) is 0 Å². The molecule has 0 unspecified atom stereocenters. The van der Waals surface area contributed by atoms with E-state index in [1.165, 1.54) is 17.3 Å². The lowest BCUT2D eigenvalue weighted by Crippen LogP contribution is -1.88. The summed E-state index contributed by atoms with van der Waals surface area (Å²) in [6, 6.07) is 26.8. The number of unbranched alkanes of at least 4 members (excludes halogenated alkanes) is 1. The molecule has 0 saturated carbocycles. The van der Waals surface area contributed by atoms with Crippen LogP contribution in [0.4, 0.5) is 5.69 Å². The van der Waals surface area contributed by atoms with Crippen LogP contribution in [-0.2, 0) is 0 Å². The second-order valence-electron chi connectivity index (χ2n) is 5.57. The molecule has 0 atom stereocenters. The summed E-state index contributed by atoms with van der Waals surface area (Å²) in [5.74, 6) is 0. The Balaban J connectivity index is 0.000000462. The highest BCUT2D eigenvalue weighted by atomic mass is 14.5. The number of benzene rings is 3. The summed E-state index contributed by atoms with van der Waals surface area (Å²) in [6.07, 6.45) is 3.46. The van der Waals surface area contributed by atoms with Crippen LogP contribution in [-0.4, -0.2) is 6.21 Å². The second-order valence-corrected chi connectivity index (χ2v) is 5.57. The van der Waals surface area contributed by atoms with Crippen LogP contribution in [0, 0.1) is 5.41 Å². The van der Waals surface area contributed by atoms with Gasteiger partial charge in [0, 0.05) is 5.69 Å². The number of nitrogens with one attached hydrogen (secondary N) is 1. The normalized spacial score (nSPS) is 9.32. The molecule has 3 aromatic carbocycles. The van der Waals surface area contributed by atoms with E-state index in [1.807, 2.05) is 48.5 Å². The maximum atomic E-state index is 6.48. The van der Waals surface area contributed by atoms with Crippen LogP contribution in [0.3, 0.4) is 0 Å². The molecule has 0 heterocycles. The average molecular weight is 333 g/mol. The van der Waals surface area contributed by atoms with Crippen LogP contribution in [0.1, 0.15) is 19.8 Å². The smallest absolute Gasteiger partial charge is 0.0326 e. The van der Waals surface area contributed by atoms with E-state index < -0.39 is 0 Å². The fraction of sp³-hybridized carbons (Fsp3) is 0.136. The highest BCUT2D eigenvalue weighted by Crippen LogP contribution is 2.29. The van der Waals surface area contributed by atoms with E-state index in [-0.39, 0.29) is 6.15 Å². The van der Waals surface area contributed by atoms with Crippen molar-refractivity contribution in [2.75, 3.05) is 5.73 Å². The van der Waals surface area contributed by atoms with Gasteiger partial charge in [0.05, 0.1) is 0 Å². The van der Waals surface area contributed by atoms with Crippen molar-refractivity contribution in [2.45, 2.75) is 19.8 Å². The fourth-order valence-electron chi connectivity index (χ4n) is 2.39. The van der Waals surface area contributed by atoms with Gasteiger partial charge in [0.25, 0.3) is 0 Å². The van der Waals surface area contributed by atoms with Crippen LogP contribution in [0.5, 0.6) is 0 Å². The Kier molecular flexibility index (Phi) is 8.69. The summed E-state index contributed by atoms with van der Waals surface area (Å²) in [5, 5.41) is 6.48. The van der Waals surface area contributed by atoms with E-state index in [0.717, 1.165) is 29.7 Å². The van der Waals surface area contributed by atoms with Gasteiger partial charge in [-0.2, -0.15) is 0 Å². The third-order valence-electron chi connectivity index (χ3n) is 3.60. The zero-order chi connectivity index (χ0) is 17.2. The van der Waals surface area contributed by atoms with Gasteiger partial charge in [0.2, 0.25) is 0 Å². The van der Waals surface area contributed by atoms with E-state index in [1.54, 1.807) is 0 Å². The highest BCUT2D eigenvalue weighted by molar-refractivity contribution is 5.77. The van der Waals surface area contributed by atoms with Gasteiger partial charge in [-0.3, -0.25) is 0 Å². The molecule has 6 N–H and O–H groups in total. The lowest BCUT2D eigenvalue weighted by atomic mass is 9.98. The topological polar surface area (TPSA) is 84.9 Å². The largest absolute Gasteiger partial charge is 0.399 e. The fourth-order valence-corrected chi connectivity index (χ4v) is 2.39. The molecule has 0 aliphatic carbocycles. The molecular formula is C22H27N3. The molecule has 130 valence electrons. The minimum atomic E-state index is 0. The summed E-state index contributed by atoms with van der Waals surface area (Å²) in [6.45, 7) is 2.06. The van der Waals surface area contributed by atoms with Crippen molar-refractivity contribution in [3.05, 3.63) is 78.9 Å². The number of anilines is 1. The molecular weight excluding hydrogens is 306 g/mol. The Morgan fingerprint density at radius 3 is 1.52 bits per heavy atom. The third-order valence-corrected chi connectivity index (χ3v) is 3.60. The number of rotatable bonds is 4. The molecule has 0 spiro atoms. The van der Waals surface area contributed by atoms with Crippen LogP contribution in [0.25, 0.3) is 22.3 Å². The van der Waals surface area contributed by atoms with Crippen molar-refractivity contribution in [3.63, 3.8) is 0 Å². The first-order valence-corrected chi connectivity index (χ1v) is 8.25. The molecule has 3 rings (SSSR count). The highest BCUT2D eigenvalue weighted by Gasteiger charge is 2.03. The van der Waals surface area contributed by atoms with Gasteiger partial charge in [-0.15, -0.1) is 0 Å². The van der Waals surface area contributed by atoms with Gasteiger partial charge in [-0.05, 0) is 53.1 Å². The van der Waals surface area contributed by atoms with Crippen LogP contribution in [0.2, 0.25) is 0 Å². The Labute approximate surface area is 150 Å². The molecule has 0 amide bonds. The first-order chi connectivity index (χ1) is 11.7. The standard InChI is InChI=1S/C18H15N.C4H9N.H3N/c19-18-12-16(14-7-3-1-4-8-14)11-17(13-18)15-9-5-2-6-10-15;1-2-3-4-5;/h1-13H,19H2;4-5H,2-3H2,1H3;1H3. The summed E-state index contributed by atoms with van der Waals surface area (Å²) in [5.41, 5.74) is 11.5.